The lowest BCUT2D eigenvalue weighted by molar-refractivity contribution is 1.48. The van der Waals surface area contributed by atoms with Crippen LogP contribution in [0.25, 0.3) is 0 Å². The van der Waals surface area contributed by atoms with Crippen LogP contribution in [0.1, 0.15) is 13.8 Å². The Labute approximate surface area is 34.0 Å². The van der Waals surface area contributed by atoms with Gasteiger partial charge in [0, 0.05) is 0 Å². The van der Waals surface area contributed by atoms with Gasteiger partial charge in [-0.05, 0) is 7.05 Å². The molecular formula is C3H14N2. The summed E-state index contributed by atoms with van der Waals surface area (Å²) in [5.41, 5.74) is 4.50. The van der Waals surface area contributed by atoms with E-state index in [0.717, 1.165) is 0 Å². The second-order valence-electron chi connectivity index (χ2n) is 0. The zero-order valence-electron chi connectivity index (χ0n) is 4.28. The van der Waals surface area contributed by atoms with Gasteiger partial charge in [-0.15, -0.1) is 0 Å². The lowest BCUT2D eigenvalue weighted by Crippen LogP contribution is -1.69. The van der Waals surface area contributed by atoms with E-state index in [9.17, 15) is 0 Å². The summed E-state index contributed by atoms with van der Waals surface area (Å²) < 4.78 is 0. The van der Waals surface area contributed by atoms with E-state index in [1.54, 1.807) is 0 Å². The van der Waals surface area contributed by atoms with Gasteiger partial charge >= 0.3 is 0 Å². The van der Waals surface area contributed by atoms with Crippen LogP contribution in [0.15, 0.2) is 0 Å². The molecule has 0 spiro atoms. The van der Waals surface area contributed by atoms with Gasteiger partial charge in [-0.2, -0.15) is 0 Å². The molecule has 0 fully saturated rings. The Balaban J connectivity index is -0.0000000133. The van der Waals surface area contributed by atoms with Crippen molar-refractivity contribution in [3.63, 3.8) is 0 Å². The molecule has 2 heteroatoms. The Bertz CT molecular complexity index is 4.85. The highest BCUT2D eigenvalue weighted by molar-refractivity contribution is 3.54. The Kier molecular flexibility index (Phi) is 21400. The third-order valence-electron chi connectivity index (χ3n) is 0. The van der Waals surface area contributed by atoms with Crippen LogP contribution >= 0.6 is 0 Å². The maximum absolute atomic E-state index is 4.50. The first kappa shape index (κ1) is 20.5. The normalized spacial score (nSPS) is 2.40. The van der Waals surface area contributed by atoms with Crippen molar-refractivity contribution in [2.45, 2.75) is 13.8 Å². The molecule has 5 heavy (non-hydrogen) atoms. The summed E-state index contributed by atoms with van der Waals surface area (Å²) in [6.45, 7) is 4.00. The SMILES string of the molecule is CC.CN.N. The fourth-order valence-electron chi connectivity index (χ4n) is 0. The predicted octanol–water partition coefficient (Wildman–Crippen LogP) is 0.763. The van der Waals surface area contributed by atoms with Crippen LogP contribution in [0.3, 0.4) is 0 Å². The highest BCUT2D eigenvalue weighted by atomic mass is 14.4. The average Bonchev–Trinajstić information content (AvgIpc) is 1.50. The van der Waals surface area contributed by atoms with Crippen LogP contribution in [0.2, 0.25) is 0 Å². The quantitative estimate of drug-likeness (QED) is 0.449. The largest absolute Gasteiger partial charge is 0.344 e. The molecule has 0 aromatic carbocycles. The molecule has 36 valence electrons. The standard InChI is InChI=1S/C2H6.CH5N.H3N/c2*1-2;/h1-2H3;2H2,1H3;1H3. The molecule has 0 unspecified atom stereocenters. The van der Waals surface area contributed by atoms with Gasteiger partial charge in [0.2, 0.25) is 0 Å². The molecule has 0 bridgehead atoms. The van der Waals surface area contributed by atoms with Gasteiger partial charge in [0.15, 0.2) is 0 Å². The van der Waals surface area contributed by atoms with Gasteiger partial charge in [-0.3, -0.25) is 0 Å². The molecule has 0 aromatic heterocycles. The van der Waals surface area contributed by atoms with E-state index in [1.165, 1.54) is 7.05 Å². The molecule has 0 aliphatic heterocycles. The molecule has 0 saturated heterocycles. The van der Waals surface area contributed by atoms with Crippen LogP contribution in [-0.2, 0) is 0 Å². The minimum absolute atomic E-state index is 0. The van der Waals surface area contributed by atoms with Crippen LogP contribution in [0.4, 0.5) is 0 Å². The fourth-order valence-corrected chi connectivity index (χ4v) is 0. The van der Waals surface area contributed by atoms with E-state index in [-0.39, 0.29) is 6.15 Å². The molecule has 0 atom stereocenters. The molecule has 2 nitrogen and oxygen atoms in total. The summed E-state index contributed by atoms with van der Waals surface area (Å²) in [5.74, 6) is 0. The smallest absolute Gasteiger partial charge is 0.0195 e. The molecule has 0 heterocycles. The monoisotopic (exact) mass is 78.1 g/mol. The van der Waals surface area contributed by atoms with Gasteiger partial charge in [0.25, 0.3) is 0 Å². The molecule has 0 aromatic rings. The van der Waals surface area contributed by atoms with Crippen molar-refractivity contribution in [2.75, 3.05) is 7.05 Å². The molecule has 0 aliphatic carbocycles. The predicted molar refractivity (Wildman–Crippen MR) is 26.5 cm³/mol. The summed E-state index contributed by atoms with van der Waals surface area (Å²) in [4.78, 5) is 0. The first-order valence-electron chi connectivity index (χ1n) is 1.58. The lowest BCUT2D eigenvalue weighted by Gasteiger charge is -1.19. The first-order valence-corrected chi connectivity index (χ1v) is 1.58. The molecule has 0 aliphatic rings. The van der Waals surface area contributed by atoms with Gasteiger partial charge in [0.1, 0.15) is 0 Å². The van der Waals surface area contributed by atoms with Gasteiger partial charge in [-0.25, -0.2) is 0 Å². The number of nitrogens with two attached hydrogens (primary N) is 1. The Morgan fingerprint density at radius 3 is 1.00 bits per heavy atom. The lowest BCUT2D eigenvalue weighted by atomic mass is 11.0. The summed E-state index contributed by atoms with van der Waals surface area (Å²) in [7, 11) is 1.50. The molecule has 0 rings (SSSR count). The summed E-state index contributed by atoms with van der Waals surface area (Å²) >= 11 is 0. The second kappa shape index (κ2) is 5220. The van der Waals surface area contributed by atoms with Crippen molar-refractivity contribution in [1.29, 1.82) is 0 Å². The van der Waals surface area contributed by atoms with Gasteiger partial charge in [0.05, 0.1) is 0 Å². The third kappa shape index (κ3) is 2260. The Morgan fingerprint density at radius 2 is 1.00 bits per heavy atom. The Morgan fingerprint density at radius 1 is 1.00 bits per heavy atom. The van der Waals surface area contributed by atoms with E-state index in [2.05, 4.69) is 5.73 Å². The highest BCUT2D eigenvalue weighted by Gasteiger charge is 0.932. The van der Waals surface area contributed by atoms with Crippen molar-refractivity contribution in [3.05, 3.63) is 0 Å². The van der Waals surface area contributed by atoms with Crippen molar-refractivity contribution >= 4 is 0 Å². The van der Waals surface area contributed by atoms with E-state index in [1.807, 2.05) is 13.8 Å². The number of rotatable bonds is 0. The minimum atomic E-state index is 0. The van der Waals surface area contributed by atoms with E-state index >= 15 is 0 Å². The van der Waals surface area contributed by atoms with Crippen LogP contribution in [0.5, 0.6) is 0 Å². The van der Waals surface area contributed by atoms with Crippen LogP contribution in [-0.4, -0.2) is 7.05 Å². The Hall–Kier alpha value is -0.0800. The maximum atomic E-state index is 4.50. The third-order valence-corrected chi connectivity index (χ3v) is 0. The molecular weight excluding hydrogens is 64.0 g/mol. The zero-order valence-corrected chi connectivity index (χ0v) is 4.28. The van der Waals surface area contributed by atoms with Gasteiger partial charge < -0.3 is 11.9 Å². The molecule has 5 N–H and O–H groups in total. The number of hydrogen-bond acceptors (Lipinski definition) is 2. The number of hydrogen-bond donors (Lipinski definition) is 2. The second-order valence-corrected chi connectivity index (χ2v) is 0. The molecule has 0 radical (unpaired) electrons. The van der Waals surface area contributed by atoms with E-state index in [4.69, 9.17) is 0 Å². The van der Waals surface area contributed by atoms with Crippen molar-refractivity contribution in [3.8, 4) is 0 Å². The van der Waals surface area contributed by atoms with E-state index in [0.29, 0.717) is 0 Å². The summed E-state index contributed by atoms with van der Waals surface area (Å²) in [6.07, 6.45) is 0. The molecule has 0 saturated carbocycles. The average molecular weight is 78.2 g/mol. The van der Waals surface area contributed by atoms with Crippen molar-refractivity contribution < 1.29 is 0 Å². The summed E-state index contributed by atoms with van der Waals surface area (Å²) in [5, 5.41) is 0. The van der Waals surface area contributed by atoms with Crippen molar-refractivity contribution in [2.24, 2.45) is 5.73 Å². The minimum Gasteiger partial charge on any atom is -0.344 e. The van der Waals surface area contributed by atoms with Crippen LogP contribution < -0.4 is 11.9 Å². The zero-order chi connectivity index (χ0) is 4.00. The summed E-state index contributed by atoms with van der Waals surface area (Å²) in [6, 6.07) is 0. The maximum Gasteiger partial charge on any atom is -0.0195 e. The highest BCUT2D eigenvalue weighted by Crippen LogP contribution is 1.14. The fraction of sp³-hybridized carbons (Fsp3) is 1.00. The van der Waals surface area contributed by atoms with Crippen molar-refractivity contribution in [1.82, 2.24) is 6.15 Å². The topological polar surface area (TPSA) is 61.0 Å². The first-order chi connectivity index (χ1) is 2.00. The van der Waals surface area contributed by atoms with Gasteiger partial charge in [-0.1, -0.05) is 13.8 Å². The van der Waals surface area contributed by atoms with Crippen LogP contribution in [0, 0.1) is 0 Å². The molecule has 0 amide bonds. The van der Waals surface area contributed by atoms with E-state index < -0.39 is 0 Å².